The number of alkyl halides is 2. The lowest BCUT2D eigenvalue weighted by Crippen LogP contribution is -2.74. The summed E-state index contributed by atoms with van der Waals surface area (Å²) in [6.07, 6.45) is 42.9. The van der Waals surface area contributed by atoms with E-state index in [9.17, 15) is 4.79 Å². The highest BCUT2D eigenvalue weighted by Crippen LogP contribution is 2.75. The fourth-order valence-corrected chi connectivity index (χ4v) is 13.2. The van der Waals surface area contributed by atoms with Crippen molar-refractivity contribution in [3.05, 3.63) is 0 Å². The van der Waals surface area contributed by atoms with Gasteiger partial charge >= 0.3 is 0 Å². The van der Waals surface area contributed by atoms with Crippen molar-refractivity contribution in [2.75, 3.05) is 0 Å². The molecule has 272 valence electrons. The highest BCUT2D eigenvalue weighted by Gasteiger charge is 2.79. The van der Waals surface area contributed by atoms with Crippen LogP contribution in [-0.2, 0) is 4.79 Å². The number of hydrogen-bond donors (Lipinski definition) is 0. The normalized spacial score (nSPS) is 37.3. The molecule has 3 heteroatoms. The smallest absolute Gasteiger partial charge is 0.151 e. The molecule has 5 aliphatic rings. The van der Waals surface area contributed by atoms with Crippen molar-refractivity contribution in [2.45, 2.75) is 224 Å². The minimum atomic E-state index is -0.838. The molecule has 0 aliphatic heterocycles. The summed E-state index contributed by atoms with van der Waals surface area (Å²) in [7, 11) is 0. The maximum atomic E-state index is 14.2. The van der Waals surface area contributed by atoms with Crippen molar-refractivity contribution in [1.82, 2.24) is 0 Å². The summed E-state index contributed by atoms with van der Waals surface area (Å²) in [6, 6.07) is 0. The Labute approximate surface area is 302 Å². The number of unbranched alkanes of at least 4 members (excludes halogenated alkanes) is 12. The maximum Gasteiger partial charge on any atom is 0.151 e. The number of carbonyl (C=O) groups is 1. The largest absolute Gasteiger partial charge is 0.298 e. The first-order valence-corrected chi connectivity index (χ1v) is 22.5. The molecule has 0 aromatic rings. The summed E-state index contributed by atoms with van der Waals surface area (Å²) < 4.78 is -0.838. The van der Waals surface area contributed by atoms with Gasteiger partial charge in [-0.3, -0.25) is 4.79 Å². The first kappa shape index (κ1) is 38.5. The molecular weight excluding hydrogens is 615 g/mol. The van der Waals surface area contributed by atoms with Gasteiger partial charge in [-0.15, -0.1) is 0 Å². The van der Waals surface area contributed by atoms with Crippen molar-refractivity contribution >= 4 is 29.0 Å². The molecular formula is C44H76Cl2O. The van der Waals surface area contributed by atoms with Gasteiger partial charge in [0, 0.05) is 0 Å². The van der Waals surface area contributed by atoms with Crippen LogP contribution in [0.25, 0.3) is 0 Å². The summed E-state index contributed by atoms with van der Waals surface area (Å²) in [4.78, 5) is 14.2. The summed E-state index contributed by atoms with van der Waals surface area (Å²) in [6.45, 7) is 4.61. The van der Waals surface area contributed by atoms with Gasteiger partial charge in [0.25, 0.3) is 0 Å². The van der Waals surface area contributed by atoms with Crippen LogP contribution in [0.15, 0.2) is 0 Å². The van der Waals surface area contributed by atoms with E-state index in [1.807, 2.05) is 0 Å². The van der Waals surface area contributed by atoms with Crippen LogP contribution in [0.3, 0.4) is 0 Å². The molecule has 0 radical (unpaired) electrons. The van der Waals surface area contributed by atoms with Gasteiger partial charge < -0.3 is 0 Å². The van der Waals surface area contributed by atoms with Crippen LogP contribution in [0.5, 0.6) is 0 Å². The zero-order chi connectivity index (χ0) is 33.2. The lowest BCUT2D eigenvalue weighted by molar-refractivity contribution is -0.173. The lowest BCUT2D eigenvalue weighted by atomic mass is 9.41. The second-order valence-corrected chi connectivity index (χ2v) is 19.5. The molecule has 5 saturated carbocycles. The Morgan fingerprint density at radius 2 is 0.745 bits per heavy atom. The molecule has 5 rings (SSSR count). The molecule has 0 aromatic carbocycles. The van der Waals surface area contributed by atoms with E-state index in [-0.39, 0.29) is 0 Å². The summed E-state index contributed by atoms with van der Waals surface area (Å²) >= 11 is 14.8. The molecule has 0 bridgehead atoms. The molecule has 2 spiro atoms. The van der Waals surface area contributed by atoms with Crippen LogP contribution in [-0.4, -0.2) is 10.1 Å². The third-order valence-corrected chi connectivity index (χ3v) is 16.8. The van der Waals surface area contributed by atoms with E-state index in [0.29, 0.717) is 5.78 Å². The van der Waals surface area contributed by atoms with E-state index in [1.165, 1.54) is 180 Å². The standard InChI is InChI=1S/C44H76Cl2O/c1-3-5-7-9-11-13-15-17-35-19-23-37(24-20-35)39-27-31-42(32-28-39)41(47)43(44(42,45)46)33-29-40(30-34-43)38-25-21-36(22-26-38)18-16-14-12-10-8-6-4-2/h35-40H,3-34H2,1-2H3/t35-,36-,37-,38-,39?,40?,42?,43?. The second-order valence-electron chi connectivity index (χ2n) is 18.1. The Hall–Kier alpha value is 0.250. The number of Topliss-reactive ketones (excluding diaryl/α,β-unsaturated/α-hetero) is 1. The van der Waals surface area contributed by atoms with Crippen molar-refractivity contribution < 1.29 is 4.79 Å². The average molecular weight is 692 g/mol. The highest BCUT2D eigenvalue weighted by atomic mass is 35.5. The monoisotopic (exact) mass is 691 g/mol. The maximum absolute atomic E-state index is 14.2. The van der Waals surface area contributed by atoms with E-state index in [4.69, 9.17) is 23.2 Å². The van der Waals surface area contributed by atoms with Gasteiger partial charge in [-0.25, -0.2) is 0 Å². The molecule has 1 nitrogen and oxygen atoms in total. The van der Waals surface area contributed by atoms with E-state index >= 15 is 0 Å². The summed E-state index contributed by atoms with van der Waals surface area (Å²) in [5, 5.41) is 0. The molecule has 47 heavy (non-hydrogen) atoms. The summed E-state index contributed by atoms with van der Waals surface area (Å²) in [5.74, 6) is 5.79. The Morgan fingerprint density at radius 3 is 1.06 bits per heavy atom. The number of hydrogen-bond acceptors (Lipinski definition) is 1. The lowest BCUT2D eigenvalue weighted by Gasteiger charge is -2.67. The van der Waals surface area contributed by atoms with Crippen molar-refractivity contribution in [3.8, 4) is 0 Å². The topological polar surface area (TPSA) is 17.1 Å². The molecule has 0 unspecified atom stereocenters. The second kappa shape index (κ2) is 18.7. The van der Waals surface area contributed by atoms with E-state index in [0.717, 1.165) is 61.2 Å². The zero-order valence-corrected chi connectivity index (χ0v) is 32.8. The van der Waals surface area contributed by atoms with Crippen LogP contribution in [0.2, 0.25) is 0 Å². The van der Waals surface area contributed by atoms with Gasteiger partial charge in [0.15, 0.2) is 5.78 Å². The molecule has 0 heterocycles. The predicted molar refractivity (Wildman–Crippen MR) is 204 cm³/mol. The van der Waals surface area contributed by atoms with Crippen molar-refractivity contribution in [3.63, 3.8) is 0 Å². The fraction of sp³-hybridized carbons (Fsp3) is 0.977. The number of halogens is 2. The van der Waals surface area contributed by atoms with Gasteiger partial charge in [-0.1, -0.05) is 165 Å². The van der Waals surface area contributed by atoms with Gasteiger partial charge in [0.05, 0.1) is 10.8 Å². The molecule has 0 aromatic heterocycles. The van der Waals surface area contributed by atoms with Gasteiger partial charge in [0.1, 0.15) is 4.33 Å². The first-order chi connectivity index (χ1) is 22.9. The van der Waals surface area contributed by atoms with E-state index in [1.54, 1.807) is 0 Å². The Balaban J connectivity index is 0.977. The Morgan fingerprint density at radius 1 is 0.447 bits per heavy atom. The predicted octanol–water partition coefficient (Wildman–Crippen LogP) is 15.0. The third-order valence-electron chi connectivity index (χ3n) is 15.4. The van der Waals surface area contributed by atoms with E-state index < -0.39 is 15.2 Å². The summed E-state index contributed by atoms with van der Waals surface area (Å²) in [5.41, 5.74) is -0.885. The molecule has 0 atom stereocenters. The first-order valence-electron chi connectivity index (χ1n) is 21.8. The van der Waals surface area contributed by atoms with Gasteiger partial charge in [0.2, 0.25) is 0 Å². The van der Waals surface area contributed by atoms with Crippen molar-refractivity contribution in [2.24, 2.45) is 46.3 Å². The molecule has 0 amide bonds. The SMILES string of the molecule is CCCCCCCCC[C@H]1CC[C@H](C2CCC3(CC2)C(=O)C2(CCC([C@H]4CC[C@H](CCCCCCCCC)CC4)CC2)C3(Cl)Cl)CC1. The quantitative estimate of drug-likeness (QED) is 0.103. The van der Waals surface area contributed by atoms with Crippen LogP contribution < -0.4 is 0 Å². The number of ketones is 1. The fourth-order valence-electron chi connectivity index (χ4n) is 12.1. The zero-order valence-electron chi connectivity index (χ0n) is 31.3. The minimum Gasteiger partial charge on any atom is -0.298 e. The van der Waals surface area contributed by atoms with E-state index in [2.05, 4.69) is 13.8 Å². The molecule has 5 aliphatic carbocycles. The Bertz CT molecular complexity index is 824. The Kier molecular flexibility index (Phi) is 15.3. The minimum absolute atomic E-state index is 0.443. The van der Waals surface area contributed by atoms with Gasteiger partial charge in [-0.05, 0) is 113 Å². The van der Waals surface area contributed by atoms with Crippen LogP contribution in [0.4, 0.5) is 0 Å². The van der Waals surface area contributed by atoms with Crippen LogP contribution in [0.1, 0.15) is 219 Å². The third kappa shape index (κ3) is 9.01. The molecule has 0 N–H and O–H groups in total. The van der Waals surface area contributed by atoms with Crippen molar-refractivity contribution in [1.29, 1.82) is 0 Å². The molecule has 5 fully saturated rings. The number of carbonyl (C=O) groups excluding carboxylic acids is 1. The van der Waals surface area contributed by atoms with Crippen LogP contribution >= 0.6 is 23.2 Å². The highest BCUT2D eigenvalue weighted by molar-refractivity contribution is 6.55. The molecule has 0 saturated heterocycles. The van der Waals surface area contributed by atoms with Crippen LogP contribution in [0, 0.1) is 46.3 Å². The average Bonchev–Trinajstić information content (AvgIpc) is 3.11. The van der Waals surface area contributed by atoms with Gasteiger partial charge in [-0.2, -0.15) is 0 Å². The number of rotatable bonds is 18.